The van der Waals surface area contributed by atoms with Crippen molar-refractivity contribution >= 4 is 0 Å². The van der Waals surface area contributed by atoms with Gasteiger partial charge in [-0.2, -0.15) is 4.98 Å². The minimum atomic E-state index is 0.278. The van der Waals surface area contributed by atoms with Gasteiger partial charge in [0.05, 0.1) is 18.5 Å². The molecule has 5 nitrogen and oxygen atoms in total. The van der Waals surface area contributed by atoms with E-state index in [2.05, 4.69) is 15.2 Å². The zero-order valence-corrected chi connectivity index (χ0v) is 6.53. The molecule has 0 aliphatic carbocycles. The molecule has 0 aromatic carbocycles. The van der Waals surface area contributed by atoms with E-state index in [-0.39, 0.29) is 6.01 Å². The number of aryl methyl sites for hydroxylation is 1. The third kappa shape index (κ3) is 1.62. The number of hydrogen-bond donors (Lipinski definition) is 1. The van der Waals surface area contributed by atoms with Gasteiger partial charge in [0.2, 0.25) is 0 Å². The van der Waals surface area contributed by atoms with Crippen LogP contribution in [0.15, 0.2) is 0 Å². The minimum absolute atomic E-state index is 0.278. The van der Waals surface area contributed by atoms with Crippen molar-refractivity contribution in [3.8, 4) is 6.01 Å². The molecule has 5 heteroatoms. The Morgan fingerprint density at radius 1 is 1.45 bits per heavy atom. The highest BCUT2D eigenvalue weighted by molar-refractivity contribution is 5.09. The topological polar surface area (TPSA) is 73.9 Å². The zero-order chi connectivity index (χ0) is 8.27. The molecule has 0 amide bonds. The van der Waals surface area contributed by atoms with E-state index in [1.54, 1.807) is 0 Å². The maximum Gasteiger partial charge on any atom is 0.335 e. The number of nitrogens with zero attached hydrogens (tertiary/aromatic N) is 3. The first-order valence-electron chi connectivity index (χ1n) is 3.22. The van der Waals surface area contributed by atoms with Gasteiger partial charge in [0.25, 0.3) is 0 Å². The monoisotopic (exact) mass is 154 g/mol. The summed E-state index contributed by atoms with van der Waals surface area (Å²) in [4.78, 5) is 3.99. The second kappa shape index (κ2) is 3.25. The number of hydrogen-bond acceptors (Lipinski definition) is 5. The average Bonchev–Trinajstić information content (AvgIpc) is 2.04. The van der Waals surface area contributed by atoms with Crippen molar-refractivity contribution < 1.29 is 4.74 Å². The number of rotatable bonds is 2. The Balaban J connectivity index is 2.99. The van der Waals surface area contributed by atoms with Crippen molar-refractivity contribution in [3.63, 3.8) is 0 Å². The molecule has 11 heavy (non-hydrogen) atoms. The molecule has 1 aromatic heterocycles. The number of nitrogens with two attached hydrogens (primary N) is 1. The van der Waals surface area contributed by atoms with Crippen LogP contribution in [-0.2, 0) is 6.54 Å². The van der Waals surface area contributed by atoms with Crippen molar-refractivity contribution in [2.75, 3.05) is 7.11 Å². The normalized spacial score (nSPS) is 9.73. The summed E-state index contributed by atoms with van der Waals surface area (Å²) in [6, 6.07) is 0.278. The Kier molecular flexibility index (Phi) is 2.32. The van der Waals surface area contributed by atoms with Gasteiger partial charge in [-0.15, -0.1) is 5.10 Å². The van der Waals surface area contributed by atoms with E-state index in [0.717, 1.165) is 5.69 Å². The number of ether oxygens (including phenoxy) is 1. The molecule has 0 saturated heterocycles. The standard InChI is InChI=1S/C6H10N4O/c1-4-5(3-7)9-10-6(8-4)11-2/h3,7H2,1-2H3. The number of methoxy groups -OCH3 is 1. The highest BCUT2D eigenvalue weighted by atomic mass is 16.5. The molecular formula is C6H10N4O. The summed E-state index contributed by atoms with van der Waals surface area (Å²) in [5.41, 5.74) is 6.82. The second-order valence-corrected chi connectivity index (χ2v) is 2.03. The smallest absolute Gasteiger partial charge is 0.335 e. The van der Waals surface area contributed by atoms with Gasteiger partial charge < -0.3 is 10.5 Å². The summed E-state index contributed by atoms with van der Waals surface area (Å²) in [5.74, 6) is 0. The quantitative estimate of drug-likeness (QED) is 0.630. The van der Waals surface area contributed by atoms with Crippen molar-refractivity contribution in [3.05, 3.63) is 11.4 Å². The lowest BCUT2D eigenvalue weighted by atomic mass is 10.3. The van der Waals surface area contributed by atoms with Crippen molar-refractivity contribution in [1.82, 2.24) is 15.2 Å². The van der Waals surface area contributed by atoms with E-state index >= 15 is 0 Å². The van der Waals surface area contributed by atoms with Crippen molar-refractivity contribution in [2.45, 2.75) is 13.5 Å². The van der Waals surface area contributed by atoms with Crippen LogP contribution >= 0.6 is 0 Å². The number of aromatic nitrogens is 3. The molecule has 1 aromatic rings. The van der Waals surface area contributed by atoms with Crippen molar-refractivity contribution in [2.24, 2.45) is 5.73 Å². The molecule has 0 bridgehead atoms. The lowest BCUT2D eigenvalue weighted by Gasteiger charge is -2.00. The van der Waals surface area contributed by atoms with E-state index in [9.17, 15) is 0 Å². The predicted octanol–water partition coefficient (Wildman–Crippen LogP) is -0.353. The first kappa shape index (κ1) is 7.87. The summed E-state index contributed by atoms with van der Waals surface area (Å²) in [6.45, 7) is 2.18. The molecule has 0 aliphatic heterocycles. The van der Waals surface area contributed by atoms with Gasteiger partial charge >= 0.3 is 6.01 Å². The summed E-state index contributed by atoms with van der Waals surface area (Å²) in [5, 5.41) is 7.47. The molecule has 0 fully saturated rings. The maximum absolute atomic E-state index is 5.36. The Morgan fingerprint density at radius 3 is 2.64 bits per heavy atom. The van der Waals surface area contributed by atoms with Gasteiger partial charge in [0.1, 0.15) is 0 Å². The zero-order valence-electron chi connectivity index (χ0n) is 6.53. The van der Waals surface area contributed by atoms with Gasteiger partial charge in [-0.05, 0) is 6.92 Å². The van der Waals surface area contributed by atoms with Crippen LogP contribution in [0.3, 0.4) is 0 Å². The summed E-state index contributed by atoms with van der Waals surface area (Å²) in [6.07, 6.45) is 0. The fraction of sp³-hybridized carbons (Fsp3) is 0.500. The Morgan fingerprint density at radius 2 is 2.18 bits per heavy atom. The Hall–Kier alpha value is -1.23. The van der Waals surface area contributed by atoms with E-state index < -0.39 is 0 Å². The van der Waals surface area contributed by atoms with E-state index in [4.69, 9.17) is 10.5 Å². The van der Waals surface area contributed by atoms with Gasteiger partial charge in [-0.1, -0.05) is 5.10 Å². The van der Waals surface area contributed by atoms with Crippen LogP contribution in [-0.4, -0.2) is 22.3 Å². The molecule has 1 heterocycles. The lowest BCUT2D eigenvalue weighted by molar-refractivity contribution is 0.370. The molecule has 0 unspecified atom stereocenters. The summed E-state index contributed by atoms with van der Waals surface area (Å²) >= 11 is 0. The fourth-order valence-electron chi connectivity index (χ4n) is 0.681. The minimum Gasteiger partial charge on any atom is -0.466 e. The fourth-order valence-corrected chi connectivity index (χ4v) is 0.681. The van der Waals surface area contributed by atoms with Crippen LogP contribution in [0.1, 0.15) is 11.4 Å². The summed E-state index contributed by atoms with van der Waals surface area (Å²) < 4.78 is 4.77. The molecule has 0 saturated carbocycles. The van der Waals surface area contributed by atoms with Crippen LogP contribution in [0.5, 0.6) is 6.01 Å². The SMILES string of the molecule is COc1nnc(CN)c(C)n1. The van der Waals surface area contributed by atoms with Crippen LogP contribution < -0.4 is 10.5 Å². The van der Waals surface area contributed by atoms with Gasteiger partial charge in [-0.3, -0.25) is 0 Å². The molecule has 60 valence electrons. The molecule has 1 rings (SSSR count). The van der Waals surface area contributed by atoms with Crippen LogP contribution in [0, 0.1) is 6.92 Å². The first-order chi connectivity index (χ1) is 5.27. The molecule has 0 spiro atoms. The summed E-state index contributed by atoms with van der Waals surface area (Å²) in [7, 11) is 1.50. The van der Waals surface area contributed by atoms with Crippen LogP contribution in [0.4, 0.5) is 0 Å². The maximum atomic E-state index is 5.36. The molecule has 0 radical (unpaired) electrons. The van der Waals surface area contributed by atoms with Gasteiger partial charge in [-0.25, -0.2) is 0 Å². The second-order valence-electron chi connectivity index (χ2n) is 2.03. The first-order valence-corrected chi connectivity index (χ1v) is 3.22. The predicted molar refractivity (Wildman–Crippen MR) is 39.0 cm³/mol. The average molecular weight is 154 g/mol. The highest BCUT2D eigenvalue weighted by Gasteiger charge is 2.01. The van der Waals surface area contributed by atoms with E-state index in [0.29, 0.717) is 12.2 Å². The van der Waals surface area contributed by atoms with Crippen molar-refractivity contribution in [1.29, 1.82) is 0 Å². The molecular weight excluding hydrogens is 144 g/mol. The van der Waals surface area contributed by atoms with Gasteiger partial charge in [0, 0.05) is 6.54 Å². The lowest BCUT2D eigenvalue weighted by Crippen LogP contribution is -2.07. The van der Waals surface area contributed by atoms with E-state index in [1.165, 1.54) is 7.11 Å². The van der Waals surface area contributed by atoms with Gasteiger partial charge in [0.15, 0.2) is 0 Å². The Labute approximate surface area is 64.6 Å². The highest BCUT2D eigenvalue weighted by Crippen LogP contribution is 2.03. The largest absolute Gasteiger partial charge is 0.466 e. The molecule has 0 atom stereocenters. The Bertz CT molecular complexity index is 250. The van der Waals surface area contributed by atoms with Crippen LogP contribution in [0.2, 0.25) is 0 Å². The van der Waals surface area contributed by atoms with E-state index in [1.807, 2.05) is 6.92 Å². The van der Waals surface area contributed by atoms with Crippen LogP contribution in [0.25, 0.3) is 0 Å². The third-order valence-electron chi connectivity index (χ3n) is 1.31. The molecule has 0 aliphatic rings. The molecule has 2 N–H and O–H groups in total. The third-order valence-corrected chi connectivity index (χ3v) is 1.31.